The molecule has 1 heterocycles. The van der Waals surface area contributed by atoms with Crippen LogP contribution in [-0.2, 0) is 4.74 Å². The molecule has 0 bridgehead atoms. The lowest BCUT2D eigenvalue weighted by molar-refractivity contribution is -0.00911. The van der Waals surface area contributed by atoms with Crippen molar-refractivity contribution in [3.63, 3.8) is 0 Å². The number of ether oxygens (including phenoxy) is 1. The lowest BCUT2D eigenvalue weighted by atomic mass is 10.1. The molecule has 17 heavy (non-hydrogen) atoms. The van der Waals surface area contributed by atoms with Gasteiger partial charge in [-0.2, -0.15) is 0 Å². The molecule has 0 aliphatic carbocycles. The smallest absolute Gasteiger partial charge is 0.0755 e. The summed E-state index contributed by atoms with van der Waals surface area (Å²) < 4.78 is 6.85. The van der Waals surface area contributed by atoms with Gasteiger partial charge in [-0.15, -0.1) is 0 Å². The zero-order valence-electron chi connectivity index (χ0n) is 10.1. The molecule has 1 saturated heterocycles. The van der Waals surface area contributed by atoms with Gasteiger partial charge in [0.15, 0.2) is 0 Å². The van der Waals surface area contributed by atoms with Crippen molar-refractivity contribution in [2.24, 2.45) is 0 Å². The molecule has 0 amide bonds. The zero-order valence-corrected chi connectivity index (χ0v) is 12.4. The van der Waals surface area contributed by atoms with Gasteiger partial charge in [0, 0.05) is 6.54 Å². The van der Waals surface area contributed by atoms with Crippen LogP contribution in [-0.4, -0.2) is 18.2 Å². The molecule has 94 valence electrons. The van der Waals surface area contributed by atoms with Crippen LogP contribution in [0.3, 0.4) is 0 Å². The fraction of sp³-hybridized carbons (Fsp3) is 0.538. The number of anilines is 1. The molecule has 1 aliphatic heterocycles. The van der Waals surface area contributed by atoms with Crippen molar-refractivity contribution in [2.75, 3.05) is 11.9 Å². The van der Waals surface area contributed by atoms with E-state index in [1.165, 1.54) is 0 Å². The van der Waals surface area contributed by atoms with E-state index in [2.05, 4.69) is 35.1 Å². The molecule has 1 unspecified atom stereocenters. The number of halogens is 2. The topological polar surface area (TPSA) is 21.3 Å². The molecule has 1 N–H and O–H groups in total. The number of benzene rings is 1. The minimum Gasteiger partial charge on any atom is -0.381 e. The summed E-state index contributed by atoms with van der Waals surface area (Å²) in [5.41, 5.74) is 1.04. The molecule has 2 nitrogen and oxygen atoms in total. The molecule has 4 heteroatoms. The van der Waals surface area contributed by atoms with Gasteiger partial charge in [0.2, 0.25) is 0 Å². The second-order valence-corrected chi connectivity index (χ2v) is 6.22. The molecule has 1 aromatic rings. The van der Waals surface area contributed by atoms with Crippen molar-refractivity contribution in [1.29, 1.82) is 0 Å². The van der Waals surface area contributed by atoms with Crippen LogP contribution >= 0.6 is 27.5 Å². The predicted octanol–water partition coefficient (Wildman–Crippen LogP) is 4.47. The van der Waals surface area contributed by atoms with E-state index in [0.29, 0.717) is 0 Å². The van der Waals surface area contributed by atoms with Crippen molar-refractivity contribution < 1.29 is 4.74 Å². The molecule has 0 saturated carbocycles. The van der Waals surface area contributed by atoms with Crippen LogP contribution in [0.15, 0.2) is 22.7 Å². The lowest BCUT2D eigenvalue weighted by Gasteiger charge is -2.20. The van der Waals surface area contributed by atoms with Gasteiger partial charge in [-0.3, -0.25) is 0 Å². The van der Waals surface area contributed by atoms with E-state index >= 15 is 0 Å². The SMILES string of the molecule is CC1(C)CCC(CNc2cccc(Cl)c2Br)O1. The summed E-state index contributed by atoms with van der Waals surface area (Å²) in [6.07, 6.45) is 2.52. The number of hydrogen-bond donors (Lipinski definition) is 1. The van der Waals surface area contributed by atoms with Crippen molar-refractivity contribution in [3.05, 3.63) is 27.7 Å². The number of hydrogen-bond acceptors (Lipinski definition) is 2. The summed E-state index contributed by atoms with van der Waals surface area (Å²) >= 11 is 9.51. The number of nitrogens with one attached hydrogen (secondary N) is 1. The molecule has 1 fully saturated rings. The molecule has 0 spiro atoms. The molecule has 2 rings (SSSR count). The lowest BCUT2D eigenvalue weighted by Crippen LogP contribution is -2.24. The average molecular weight is 319 g/mol. The first kappa shape index (κ1) is 13.2. The third kappa shape index (κ3) is 3.36. The van der Waals surface area contributed by atoms with Crippen molar-refractivity contribution in [3.8, 4) is 0 Å². The summed E-state index contributed by atoms with van der Waals surface area (Å²) in [6, 6.07) is 5.82. The van der Waals surface area contributed by atoms with E-state index in [9.17, 15) is 0 Å². The van der Waals surface area contributed by atoms with Gasteiger partial charge in [0.1, 0.15) is 0 Å². The van der Waals surface area contributed by atoms with E-state index in [1.54, 1.807) is 0 Å². The van der Waals surface area contributed by atoms with Crippen LogP contribution in [0.2, 0.25) is 5.02 Å². The third-order valence-corrected chi connectivity index (χ3v) is 4.42. The molecule has 1 atom stereocenters. The summed E-state index contributed by atoms with van der Waals surface area (Å²) in [4.78, 5) is 0. The quantitative estimate of drug-likeness (QED) is 0.887. The molecular formula is C13H17BrClNO. The van der Waals surface area contributed by atoms with E-state index in [0.717, 1.165) is 34.6 Å². The van der Waals surface area contributed by atoms with E-state index in [-0.39, 0.29) is 11.7 Å². The zero-order chi connectivity index (χ0) is 12.5. The Morgan fingerprint density at radius 3 is 2.94 bits per heavy atom. The summed E-state index contributed by atoms with van der Waals surface area (Å²) in [5.74, 6) is 0. The van der Waals surface area contributed by atoms with Gasteiger partial charge in [-0.1, -0.05) is 17.7 Å². The Morgan fingerprint density at radius 2 is 2.29 bits per heavy atom. The van der Waals surface area contributed by atoms with E-state index < -0.39 is 0 Å². The summed E-state index contributed by atoms with van der Waals surface area (Å²) in [6.45, 7) is 5.10. The highest BCUT2D eigenvalue weighted by Crippen LogP contribution is 2.32. The predicted molar refractivity (Wildman–Crippen MR) is 75.8 cm³/mol. The molecule has 1 aliphatic rings. The normalized spacial score (nSPS) is 22.7. The second kappa shape index (κ2) is 5.17. The Kier molecular flexibility index (Phi) is 4.01. The van der Waals surface area contributed by atoms with Gasteiger partial charge in [-0.05, 0) is 54.8 Å². The van der Waals surface area contributed by atoms with Crippen LogP contribution in [0.25, 0.3) is 0 Å². The van der Waals surface area contributed by atoms with E-state index in [1.807, 2.05) is 18.2 Å². The van der Waals surface area contributed by atoms with Crippen molar-refractivity contribution in [1.82, 2.24) is 0 Å². The van der Waals surface area contributed by atoms with E-state index in [4.69, 9.17) is 16.3 Å². The van der Waals surface area contributed by atoms with Gasteiger partial charge in [0.05, 0.1) is 26.9 Å². The van der Waals surface area contributed by atoms with Crippen LogP contribution in [0.5, 0.6) is 0 Å². The highest BCUT2D eigenvalue weighted by atomic mass is 79.9. The first-order valence-electron chi connectivity index (χ1n) is 5.84. The van der Waals surface area contributed by atoms with Gasteiger partial charge >= 0.3 is 0 Å². The maximum Gasteiger partial charge on any atom is 0.0755 e. The first-order valence-corrected chi connectivity index (χ1v) is 7.01. The Hall–Kier alpha value is -0.250. The molecule has 0 radical (unpaired) electrons. The Morgan fingerprint density at radius 1 is 1.53 bits per heavy atom. The van der Waals surface area contributed by atoms with Crippen LogP contribution in [0.4, 0.5) is 5.69 Å². The van der Waals surface area contributed by atoms with Crippen LogP contribution < -0.4 is 5.32 Å². The summed E-state index contributed by atoms with van der Waals surface area (Å²) in [5, 5.41) is 4.10. The third-order valence-electron chi connectivity index (χ3n) is 3.03. The Labute approximate surface area is 116 Å². The van der Waals surface area contributed by atoms with Crippen molar-refractivity contribution in [2.45, 2.75) is 38.4 Å². The fourth-order valence-corrected chi connectivity index (χ4v) is 2.66. The standard InChI is InChI=1S/C13H17BrClNO/c1-13(2)7-6-9(17-13)8-16-11-5-3-4-10(15)12(11)14/h3-5,9,16H,6-8H2,1-2H3. The second-order valence-electron chi connectivity index (χ2n) is 5.02. The Balaban J connectivity index is 1.93. The maximum atomic E-state index is 6.04. The average Bonchev–Trinajstić information content (AvgIpc) is 2.61. The van der Waals surface area contributed by atoms with Crippen LogP contribution in [0.1, 0.15) is 26.7 Å². The van der Waals surface area contributed by atoms with Crippen molar-refractivity contribution >= 4 is 33.2 Å². The first-order chi connectivity index (χ1) is 7.98. The minimum atomic E-state index is 0.0257. The molecule has 1 aromatic carbocycles. The van der Waals surface area contributed by atoms with Gasteiger partial charge in [0.25, 0.3) is 0 Å². The molecule has 0 aromatic heterocycles. The monoisotopic (exact) mass is 317 g/mol. The largest absolute Gasteiger partial charge is 0.381 e. The number of rotatable bonds is 3. The Bertz CT molecular complexity index is 408. The highest BCUT2D eigenvalue weighted by Gasteiger charge is 2.31. The molecular weight excluding hydrogens is 302 g/mol. The highest BCUT2D eigenvalue weighted by molar-refractivity contribution is 9.10. The van der Waals surface area contributed by atoms with Crippen LogP contribution in [0, 0.1) is 0 Å². The maximum absolute atomic E-state index is 6.04. The summed E-state index contributed by atoms with van der Waals surface area (Å²) in [7, 11) is 0. The van der Waals surface area contributed by atoms with Gasteiger partial charge < -0.3 is 10.1 Å². The van der Waals surface area contributed by atoms with Gasteiger partial charge in [-0.25, -0.2) is 0 Å². The fourth-order valence-electron chi connectivity index (χ4n) is 2.09. The minimum absolute atomic E-state index is 0.0257.